The molecule has 0 aromatic heterocycles. The van der Waals surface area contributed by atoms with Gasteiger partial charge in [0.15, 0.2) is 0 Å². The Hall–Kier alpha value is -4.41. The van der Waals surface area contributed by atoms with Crippen molar-refractivity contribution in [3.63, 3.8) is 0 Å². The number of carbonyl (C=O) groups is 5. The fourth-order valence-corrected chi connectivity index (χ4v) is 6.25. The average Bonchev–Trinajstić information content (AvgIpc) is 3.51. The standard InChI is InChI=1S/C34H42N4O7/c1-33(2,3)45-32(44)36-26-14-8-6-4-5-7-13-24-19-34(24,31(42)43)37-29(40)27-18-25(20-38(27)30(26)41)35-28(39)23-16-15-21-11-9-10-12-22(21)17-23/h7,9-13,15-17,24-27H,4-6,8,14,18-20H2,1-3H3,(H,35,39)(H,36,44)(H,37,40)(H,42,43)/t24-,25-,26+,27+,34-/m1/s1. The molecule has 2 aromatic carbocycles. The van der Waals surface area contributed by atoms with Crippen LogP contribution in [0.4, 0.5) is 4.79 Å². The lowest BCUT2D eigenvalue weighted by Crippen LogP contribution is -2.56. The molecule has 2 aromatic rings. The average molecular weight is 619 g/mol. The van der Waals surface area contributed by atoms with E-state index in [-0.39, 0.29) is 31.2 Å². The number of nitrogens with zero attached hydrogens (tertiary/aromatic N) is 1. The number of hydrogen-bond acceptors (Lipinski definition) is 6. The predicted molar refractivity (Wildman–Crippen MR) is 167 cm³/mol. The Bertz CT molecular complexity index is 1520. The second kappa shape index (κ2) is 12.9. The summed E-state index contributed by atoms with van der Waals surface area (Å²) >= 11 is 0. The number of aliphatic carboxylic acids is 1. The second-order valence-electron chi connectivity index (χ2n) is 13.3. The van der Waals surface area contributed by atoms with Gasteiger partial charge in [0.2, 0.25) is 11.8 Å². The first kappa shape index (κ1) is 32.0. The molecule has 4 amide bonds. The summed E-state index contributed by atoms with van der Waals surface area (Å²) in [5.74, 6) is -2.90. The molecule has 1 saturated heterocycles. The van der Waals surface area contributed by atoms with Gasteiger partial charge >= 0.3 is 12.1 Å². The van der Waals surface area contributed by atoms with E-state index in [1.165, 1.54) is 4.90 Å². The largest absolute Gasteiger partial charge is 0.479 e. The molecule has 45 heavy (non-hydrogen) atoms. The van der Waals surface area contributed by atoms with Gasteiger partial charge in [0.25, 0.3) is 5.91 Å². The summed E-state index contributed by atoms with van der Waals surface area (Å²) in [6.07, 6.45) is 6.76. The molecule has 0 unspecified atom stereocenters. The Labute approximate surface area is 262 Å². The van der Waals surface area contributed by atoms with Crippen molar-refractivity contribution in [2.24, 2.45) is 5.92 Å². The van der Waals surface area contributed by atoms with Crippen LogP contribution in [0.5, 0.6) is 0 Å². The molecule has 1 aliphatic carbocycles. The van der Waals surface area contributed by atoms with E-state index in [2.05, 4.69) is 16.0 Å². The molecule has 2 aliphatic heterocycles. The highest BCUT2D eigenvalue weighted by Gasteiger charge is 2.61. The molecule has 5 atom stereocenters. The van der Waals surface area contributed by atoms with Crippen LogP contribution < -0.4 is 16.0 Å². The Kier molecular flexibility index (Phi) is 9.18. The molecule has 2 heterocycles. The van der Waals surface area contributed by atoms with Crippen molar-refractivity contribution in [1.29, 1.82) is 0 Å². The summed E-state index contributed by atoms with van der Waals surface area (Å²) in [5.41, 5.74) is -1.78. The lowest BCUT2D eigenvalue weighted by Gasteiger charge is -2.30. The topological polar surface area (TPSA) is 154 Å². The minimum Gasteiger partial charge on any atom is -0.479 e. The number of alkyl carbamates (subject to hydrolysis) is 1. The van der Waals surface area contributed by atoms with E-state index in [9.17, 15) is 29.1 Å². The van der Waals surface area contributed by atoms with Crippen LogP contribution in [0.3, 0.4) is 0 Å². The molecule has 2 fully saturated rings. The van der Waals surface area contributed by atoms with Gasteiger partial charge in [-0.05, 0) is 75.8 Å². The number of fused-ring (bicyclic) bond motifs is 3. The van der Waals surface area contributed by atoms with Crippen molar-refractivity contribution in [3.05, 3.63) is 60.2 Å². The minimum atomic E-state index is -1.44. The maximum absolute atomic E-state index is 14.1. The zero-order valence-electron chi connectivity index (χ0n) is 26.0. The third-order valence-electron chi connectivity index (χ3n) is 8.70. The molecule has 0 bridgehead atoms. The molecular weight excluding hydrogens is 576 g/mol. The summed E-state index contributed by atoms with van der Waals surface area (Å²) in [6.45, 7) is 5.20. The van der Waals surface area contributed by atoms with Crippen LogP contribution in [-0.2, 0) is 19.1 Å². The number of ether oxygens (including phenoxy) is 1. The number of carbonyl (C=O) groups excluding carboxylic acids is 4. The first-order chi connectivity index (χ1) is 21.4. The van der Waals surface area contributed by atoms with E-state index < -0.39 is 53.1 Å². The molecule has 1 saturated carbocycles. The van der Waals surface area contributed by atoms with E-state index in [1.807, 2.05) is 42.5 Å². The van der Waals surface area contributed by atoms with Gasteiger partial charge in [-0.3, -0.25) is 14.4 Å². The summed E-state index contributed by atoms with van der Waals surface area (Å²) in [7, 11) is 0. The Morgan fingerprint density at radius 2 is 1.78 bits per heavy atom. The number of allylic oxidation sites excluding steroid dienone is 1. The molecule has 11 nitrogen and oxygen atoms in total. The SMILES string of the molecule is CC(C)(C)OC(=O)N[C@H]1CCCCCC=C[C@@H]2C[C@@]2(C(=O)O)NC(=O)[C@@H]2C[C@@H](NC(=O)c3ccc4ccccc4c3)CN2C1=O. The molecule has 11 heteroatoms. The van der Waals surface area contributed by atoms with Crippen LogP contribution in [0.15, 0.2) is 54.6 Å². The van der Waals surface area contributed by atoms with Crippen LogP contribution in [0.1, 0.15) is 76.1 Å². The van der Waals surface area contributed by atoms with E-state index in [4.69, 9.17) is 4.74 Å². The smallest absolute Gasteiger partial charge is 0.408 e. The zero-order valence-corrected chi connectivity index (χ0v) is 26.0. The van der Waals surface area contributed by atoms with Gasteiger partial charge in [-0.15, -0.1) is 0 Å². The van der Waals surface area contributed by atoms with Gasteiger partial charge in [-0.2, -0.15) is 0 Å². The molecule has 0 spiro atoms. The lowest BCUT2D eigenvalue weighted by atomic mass is 10.0. The number of hydrogen-bond donors (Lipinski definition) is 4. The van der Waals surface area contributed by atoms with E-state index >= 15 is 0 Å². The van der Waals surface area contributed by atoms with Crippen molar-refractivity contribution < 1.29 is 33.8 Å². The summed E-state index contributed by atoms with van der Waals surface area (Å²) < 4.78 is 5.43. The van der Waals surface area contributed by atoms with E-state index in [1.54, 1.807) is 32.9 Å². The molecule has 240 valence electrons. The van der Waals surface area contributed by atoms with Crippen molar-refractivity contribution in [2.45, 2.75) is 95.0 Å². The predicted octanol–water partition coefficient (Wildman–Crippen LogP) is 3.91. The van der Waals surface area contributed by atoms with Crippen LogP contribution in [0, 0.1) is 5.92 Å². The Morgan fingerprint density at radius 3 is 2.51 bits per heavy atom. The number of carboxylic acids is 1. The number of nitrogens with one attached hydrogen (secondary N) is 3. The molecule has 5 rings (SSSR count). The van der Waals surface area contributed by atoms with Gasteiger partial charge in [-0.1, -0.05) is 55.3 Å². The van der Waals surface area contributed by atoms with Crippen LogP contribution in [0.2, 0.25) is 0 Å². The first-order valence-electron chi connectivity index (χ1n) is 15.7. The highest BCUT2D eigenvalue weighted by molar-refractivity contribution is 5.99. The van der Waals surface area contributed by atoms with Crippen molar-refractivity contribution in [3.8, 4) is 0 Å². The Morgan fingerprint density at radius 1 is 1.02 bits per heavy atom. The molecule has 0 radical (unpaired) electrons. The van der Waals surface area contributed by atoms with Gasteiger partial charge < -0.3 is 30.7 Å². The van der Waals surface area contributed by atoms with Crippen molar-refractivity contribution in [1.82, 2.24) is 20.9 Å². The fraction of sp³-hybridized carbons (Fsp3) is 0.500. The quantitative estimate of drug-likeness (QED) is 0.379. The lowest BCUT2D eigenvalue weighted by molar-refractivity contribution is -0.145. The zero-order chi connectivity index (χ0) is 32.4. The normalized spacial score (nSPS) is 27.3. The summed E-state index contributed by atoms with van der Waals surface area (Å²) in [5, 5.41) is 20.4. The molecule has 4 N–H and O–H groups in total. The highest BCUT2D eigenvalue weighted by Crippen LogP contribution is 2.45. The third kappa shape index (κ3) is 7.46. The first-order valence-corrected chi connectivity index (χ1v) is 15.7. The summed E-state index contributed by atoms with van der Waals surface area (Å²) in [4.78, 5) is 67.6. The van der Waals surface area contributed by atoms with E-state index in [0.29, 0.717) is 18.4 Å². The molecule has 3 aliphatic rings. The summed E-state index contributed by atoms with van der Waals surface area (Å²) in [6, 6.07) is 10.5. The minimum absolute atomic E-state index is 0.0200. The number of benzene rings is 2. The second-order valence-corrected chi connectivity index (χ2v) is 13.3. The third-order valence-corrected chi connectivity index (χ3v) is 8.70. The number of amides is 4. The van der Waals surface area contributed by atoms with Crippen LogP contribution in [0.25, 0.3) is 10.8 Å². The molecular formula is C34H42N4O7. The van der Waals surface area contributed by atoms with E-state index in [0.717, 1.165) is 30.0 Å². The fourth-order valence-electron chi connectivity index (χ4n) is 6.25. The monoisotopic (exact) mass is 618 g/mol. The Balaban J connectivity index is 1.40. The van der Waals surface area contributed by atoms with Gasteiger partial charge in [-0.25, -0.2) is 9.59 Å². The van der Waals surface area contributed by atoms with Gasteiger partial charge in [0.1, 0.15) is 23.2 Å². The number of carboxylic acid groups (broad SMARTS) is 1. The van der Waals surface area contributed by atoms with Crippen molar-refractivity contribution >= 4 is 40.6 Å². The van der Waals surface area contributed by atoms with Gasteiger partial charge in [0.05, 0.1) is 0 Å². The maximum Gasteiger partial charge on any atom is 0.408 e. The maximum atomic E-state index is 14.1. The van der Waals surface area contributed by atoms with Crippen LogP contribution in [-0.4, -0.2) is 75.6 Å². The van der Waals surface area contributed by atoms with Gasteiger partial charge in [0, 0.05) is 24.1 Å². The highest BCUT2D eigenvalue weighted by atomic mass is 16.6. The van der Waals surface area contributed by atoms with Crippen LogP contribution >= 0.6 is 0 Å². The number of rotatable bonds is 4. The van der Waals surface area contributed by atoms with Crippen molar-refractivity contribution in [2.75, 3.05) is 6.54 Å².